The molecule has 0 aliphatic carbocycles. The number of halogens is 1. The highest BCUT2D eigenvalue weighted by molar-refractivity contribution is 8.01. The molecule has 4 nitrogen and oxygen atoms in total. The third kappa shape index (κ3) is 2.85. The standard InChI is InChI=1S/C11H11FN4S2/c1-2-9-15-11(18-16-9)17-8-4-3-6(12)5-7(8)10(13)14/h3-5H,2H2,1H3,(H3,13,14). The Morgan fingerprint density at radius 1 is 1.56 bits per heavy atom. The molecule has 1 aromatic heterocycles. The maximum Gasteiger partial charge on any atom is 0.174 e. The quantitative estimate of drug-likeness (QED) is 0.667. The van der Waals surface area contributed by atoms with Crippen molar-refractivity contribution in [3.05, 3.63) is 35.4 Å². The summed E-state index contributed by atoms with van der Waals surface area (Å²) in [5.41, 5.74) is 5.82. The average molecular weight is 282 g/mol. The second kappa shape index (κ2) is 5.45. The van der Waals surface area contributed by atoms with Crippen molar-refractivity contribution in [1.82, 2.24) is 9.36 Å². The summed E-state index contributed by atoms with van der Waals surface area (Å²) in [7, 11) is 0. The van der Waals surface area contributed by atoms with Crippen LogP contribution in [0.25, 0.3) is 0 Å². The van der Waals surface area contributed by atoms with Crippen LogP contribution in [0.5, 0.6) is 0 Å². The lowest BCUT2D eigenvalue weighted by molar-refractivity contribution is 0.626. The molecule has 0 saturated carbocycles. The van der Waals surface area contributed by atoms with Crippen LogP contribution in [0.1, 0.15) is 18.3 Å². The lowest BCUT2D eigenvalue weighted by Crippen LogP contribution is -2.12. The van der Waals surface area contributed by atoms with Crippen LogP contribution in [0.15, 0.2) is 27.4 Å². The van der Waals surface area contributed by atoms with Gasteiger partial charge in [-0.1, -0.05) is 18.7 Å². The first kappa shape index (κ1) is 13.0. The number of benzene rings is 1. The van der Waals surface area contributed by atoms with Crippen LogP contribution in [0.2, 0.25) is 0 Å². The van der Waals surface area contributed by atoms with Gasteiger partial charge in [-0.3, -0.25) is 5.41 Å². The molecule has 1 heterocycles. The van der Waals surface area contributed by atoms with Crippen molar-refractivity contribution in [3.8, 4) is 0 Å². The maximum atomic E-state index is 13.1. The predicted octanol–water partition coefficient (Wildman–Crippen LogP) is 2.67. The van der Waals surface area contributed by atoms with E-state index in [1.807, 2.05) is 6.92 Å². The van der Waals surface area contributed by atoms with Crippen molar-refractivity contribution < 1.29 is 4.39 Å². The summed E-state index contributed by atoms with van der Waals surface area (Å²) in [6.45, 7) is 1.98. The molecule has 1 aromatic carbocycles. The van der Waals surface area contributed by atoms with Crippen molar-refractivity contribution in [2.45, 2.75) is 22.6 Å². The summed E-state index contributed by atoms with van der Waals surface area (Å²) in [4.78, 5) is 5.02. The van der Waals surface area contributed by atoms with Gasteiger partial charge in [0.15, 0.2) is 4.34 Å². The largest absolute Gasteiger partial charge is 0.384 e. The van der Waals surface area contributed by atoms with E-state index in [1.165, 1.54) is 35.4 Å². The van der Waals surface area contributed by atoms with Gasteiger partial charge < -0.3 is 5.73 Å². The number of nitrogens with two attached hydrogens (primary N) is 1. The molecule has 0 unspecified atom stereocenters. The molecule has 0 bridgehead atoms. The fourth-order valence-electron chi connectivity index (χ4n) is 1.32. The normalized spacial score (nSPS) is 10.6. The topological polar surface area (TPSA) is 75.7 Å². The minimum Gasteiger partial charge on any atom is -0.384 e. The highest BCUT2D eigenvalue weighted by Gasteiger charge is 2.11. The lowest BCUT2D eigenvalue weighted by atomic mass is 10.2. The van der Waals surface area contributed by atoms with Gasteiger partial charge in [-0.15, -0.1) is 0 Å². The maximum absolute atomic E-state index is 13.1. The van der Waals surface area contributed by atoms with Crippen molar-refractivity contribution in [2.24, 2.45) is 5.73 Å². The van der Waals surface area contributed by atoms with Crippen molar-refractivity contribution in [1.29, 1.82) is 5.41 Å². The summed E-state index contributed by atoms with van der Waals surface area (Å²) in [6, 6.07) is 4.20. The van der Waals surface area contributed by atoms with Crippen molar-refractivity contribution in [3.63, 3.8) is 0 Å². The van der Waals surface area contributed by atoms with Gasteiger partial charge in [-0.05, 0) is 29.7 Å². The van der Waals surface area contributed by atoms with E-state index in [2.05, 4.69) is 9.36 Å². The zero-order valence-electron chi connectivity index (χ0n) is 9.61. The Bertz CT molecular complexity index is 582. The minimum atomic E-state index is -0.406. The Balaban J connectivity index is 2.30. The second-order valence-electron chi connectivity index (χ2n) is 3.49. The fourth-order valence-corrected chi connectivity index (χ4v) is 3.10. The first-order valence-electron chi connectivity index (χ1n) is 5.24. The molecule has 0 spiro atoms. The molecule has 0 fully saturated rings. The number of rotatable bonds is 4. The van der Waals surface area contributed by atoms with Crippen molar-refractivity contribution in [2.75, 3.05) is 0 Å². The van der Waals surface area contributed by atoms with Crippen LogP contribution in [0.3, 0.4) is 0 Å². The molecule has 0 amide bonds. The molecular formula is C11H11FN4S2. The summed E-state index contributed by atoms with van der Waals surface area (Å²) in [5.74, 6) is 0.224. The first-order valence-corrected chi connectivity index (χ1v) is 6.83. The average Bonchev–Trinajstić information content (AvgIpc) is 2.79. The molecular weight excluding hydrogens is 271 g/mol. The zero-order valence-corrected chi connectivity index (χ0v) is 11.2. The fraction of sp³-hybridized carbons (Fsp3) is 0.182. The molecule has 0 aliphatic heterocycles. The minimum absolute atomic E-state index is 0.155. The number of hydrogen-bond donors (Lipinski definition) is 2. The van der Waals surface area contributed by atoms with Crippen molar-refractivity contribution >= 4 is 29.1 Å². The molecule has 2 rings (SSSR count). The van der Waals surface area contributed by atoms with Gasteiger partial charge in [-0.2, -0.15) is 4.37 Å². The third-order valence-corrected chi connectivity index (χ3v) is 4.06. The summed E-state index contributed by atoms with van der Waals surface area (Å²) in [5, 5.41) is 7.45. The van der Waals surface area contributed by atoms with E-state index in [9.17, 15) is 4.39 Å². The van der Waals surface area contributed by atoms with Crippen LogP contribution in [0, 0.1) is 11.2 Å². The SMILES string of the molecule is CCc1nsc(Sc2ccc(F)cc2C(=N)N)n1. The zero-order chi connectivity index (χ0) is 13.1. The number of amidine groups is 1. The van der Waals surface area contributed by atoms with Gasteiger partial charge in [0.2, 0.25) is 0 Å². The lowest BCUT2D eigenvalue weighted by Gasteiger charge is -2.05. The van der Waals surface area contributed by atoms with Crippen LogP contribution in [-0.4, -0.2) is 15.2 Å². The highest BCUT2D eigenvalue weighted by Crippen LogP contribution is 2.31. The molecule has 0 radical (unpaired) electrons. The number of hydrogen-bond acceptors (Lipinski definition) is 5. The van der Waals surface area contributed by atoms with Crippen LogP contribution in [0.4, 0.5) is 4.39 Å². The van der Waals surface area contributed by atoms with Gasteiger partial charge in [0.05, 0.1) is 0 Å². The summed E-state index contributed by atoms with van der Waals surface area (Å²) < 4.78 is 18.1. The predicted molar refractivity (Wildman–Crippen MR) is 70.8 cm³/mol. The molecule has 0 atom stereocenters. The smallest absolute Gasteiger partial charge is 0.174 e. The molecule has 94 valence electrons. The molecule has 18 heavy (non-hydrogen) atoms. The van der Waals surface area contributed by atoms with E-state index in [1.54, 1.807) is 6.07 Å². The molecule has 0 aliphatic rings. The van der Waals surface area contributed by atoms with Gasteiger partial charge in [0.25, 0.3) is 0 Å². The Labute approximate surface area is 112 Å². The van der Waals surface area contributed by atoms with Crippen LogP contribution >= 0.6 is 23.3 Å². The monoisotopic (exact) mass is 282 g/mol. The number of nitrogens with zero attached hydrogens (tertiary/aromatic N) is 2. The highest BCUT2D eigenvalue weighted by atomic mass is 32.2. The first-order chi connectivity index (χ1) is 8.60. The van der Waals surface area contributed by atoms with E-state index >= 15 is 0 Å². The van der Waals surface area contributed by atoms with Gasteiger partial charge in [0, 0.05) is 16.9 Å². The number of nitrogen functional groups attached to an aromatic ring is 1. The van der Waals surface area contributed by atoms with Gasteiger partial charge in [-0.25, -0.2) is 9.37 Å². The van der Waals surface area contributed by atoms with Crippen LogP contribution in [-0.2, 0) is 6.42 Å². The number of aryl methyl sites for hydroxylation is 1. The Kier molecular flexibility index (Phi) is 3.93. The molecule has 0 saturated heterocycles. The van der Waals surface area contributed by atoms with E-state index in [0.717, 1.165) is 16.6 Å². The van der Waals surface area contributed by atoms with Gasteiger partial charge >= 0.3 is 0 Å². The second-order valence-corrected chi connectivity index (χ2v) is 5.53. The van der Waals surface area contributed by atoms with E-state index < -0.39 is 5.82 Å². The van der Waals surface area contributed by atoms with E-state index in [0.29, 0.717) is 10.5 Å². The third-order valence-electron chi connectivity index (χ3n) is 2.19. The Morgan fingerprint density at radius 2 is 2.33 bits per heavy atom. The summed E-state index contributed by atoms with van der Waals surface area (Å²) >= 11 is 2.64. The van der Waals surface area contributed by atoms with Crippen LogP contribution < -0.4 is 5.73 Å². The van der Waals surface area contributed by atoms with E-state index in [4.69, 9.17) is 11.1 Å². The molecule has 7 heteroatoms. The van der Waals surface area contributed by atoms with Gasteiger partial charge in [0.1, 0.15) is 17.5 Å². The molecule has 2 aromatic rings. The Morgan fingerprint density at radius 3 is 2.94 bits per heavy atom. The number of aromatic nitrogens is 2. The number of nitrogens with one attached hydrogen (secondary N) is 1. The van der Waals surface area contributed by atoms with E-state index in [-0.39, 0.29) is 5.84 Å². The molecule has 3 N–H and O–H groups in total. The summed E-state index contributed by atoms with van der Waals surface area (Å²) in [6.07, 6.45) is 0.778. The Hall–Kier alpha value is -1.47.